The maximum absolute atomic E-state index is 13.6. The van der Waals surface area contributed by atoms with E-state index in [2.05, 4.69) is 27.5 Å². The van der Waals surface area contributed by atoms with Crippen LogP contribution in [-0.4, -0.2) is 265 Å². The summed E-state index contributed by atoms with van der Waals surface area (Å²) in [6.45, 7) is 29.1. The number of hydrogen-bond donors (Lipinski definition) is 9. The Morgan fingerprint density at radius 2 is 1.06 bits per heavy atom. The lowest BCUT2D eigenvalue weighted by molar-refractivity contribution is -0.311. The van der Waals surface area contributed by atoms with Gasteiger partial charge in [0.1, 0.15) is 47.8 Å². The van der Waals surface area contributed by atoms with E-state index in [0.717, 1.165) is 9.13 Å². The average Bonchev–Trinajstić information content (AvgIpc) is 1.12. The highest BCUT2D eigenvalue weighted by molar-refractivity contribution is 14.1. The molecule has 4 fully saturated rings. The molecule has 4 aliphatic rings. The molecule has 0 aliphatic carbocycles. The Morgan fingerprint density at radius 3 is 1.51 bits per heavy atom. The van der Waals surface area contributed by atoms with Gasteiger partial charge in [0.05, 0.1) is 65.8 Å². The van der Waals surface area contributed by atoms with Gasteiger partial charge < -0.3 is 98.7 Å². The molecule has 1 unspecified atom stereocenters. The Kier molecular flexibility index (Phi) is 30.4. The van der Waals surface area contributed by atoms with Crippen LogP contribution in [-0.2, 0) is 42.7 Å². The molecule has 28 atom stereocenters. The first-order valence-electron chi connectivity index (χ1n) is 32.9. The number of cyclic esters (lactones) is 2. The fraction of sp³-hybridized carbons (Fsp3) is 0.881. The Balaban J connectivity index is 0.000000394. The molecule has 4 aliphatic heterocycles. The Labute approximate surface area is 552 Å². The van der Waals surface area contributed by atoms with E-state index in [0.29, 0.717) is 25.9 Å². The van der Waals surface area contributed by atoms with E-state index in [-0.39, 0.29) is 74.3 Å². The number of nitrogens with zero attached hydrogens (tertiary/aromatic N) is 4. The lowest BCUT2D eigenvalue weighted by Crippen LogP contribution is -2.60. The van der Waals surface area contributed by atoms with Crippen molar-refractivity contribution in [3.8, 4) is 0 Å². The smallest absolute Gasteiger partial charge is 0.311 e. The predicted octanol–water partition coefficient (Wildman–Crippen LogP) is 5.10. The second kappa shape index (κ2) is 33.9. The summed E-state index contributed by atoms with van der Waals surface area (Å²) in [4.78, 5) is 34.6. The van der Waals surface area contributed by atoms with Crippen molar-refractivity contribution in [2.45, 2.75) is 294 Å². The fourth-order valence-corrected chi connectivity index (χ4v) is 14.5. The van der Waals surface area contributed by atoms with Gasteiger partial charge in [-0.2, -0.15) is 0 Å². The zero-order chi connectivity index (χ0) is 68.6. The van der Waals surface area contributed by atoms with E-state index in [1.54, 1.807) is 48.5 Å². The summed E-state index contributed by atoms with van der Waals surface area (Å²) in [5.74, 6) is -4.45. The van der Waals surface area contributed by atoms with E-state index in [9.17, 15) is 55.5 Å². The van der Waals surface area contributed by atoms with E-state index >= 15 is 0 Å². The van der Waals surface area contributed by atoms with Crippen LogP contribution in [0.1, 0.15) is 167 Å². The maximum Gasteiger partial charge on any atom is 0.311 e. The van der Waals surface area contributed by atoms with Crippen molar-refractivity contribution in [2.24, 2.45) is 29.6 Å². The lowest BCUT2D eigenvalue weighted by atomic mass is 9.78. The summed E-state index contributed by atoms with van der Waals surface area (Å²) in [6, 6.07) is 6.88. The second-order valence-electron chi connectivity index (χ2n) is 29.1. The van der Waals surface area contributed by atoms with E-state index in [4.69, 9.17) is 33.2 Å². The molecule has 1 aromatic carbocycles. The van der Waals surface area contributed by atoms with Crippen molar-refractivity contribution in [2.75, 3.05) is 55.4 Å². The monoisotopic (exact) mass is 1400 g/mol. The van der Waals surface area contributed by atoms with Gasteiger partial charge in [-0.05, 0) is 209 Å². The summed E-state index contributed by atoms with van der Waals surface area (Å²) in [7, 11) is 11.4. The molecular weight excluding hydrogens is 1280 g/mol. The first-order chi connectivity index (χ1) is 41.4. The quantitative estimate of drug-likeness (QED) is 0.103. The Morgan fingerprint density at radius 1 is 0.622 bits per heavy atom. The zero-order valence-corrected chi connectivity index (χ0v) is 60.6. The molecule has 23 heteroatoms. The van der Waals surface area contributed by atoms with Crippen LogP contribution in [0.2, 0.25) is 0 Å². The first-order valence-corrected chi connectivity index (χ1v) is 34.0. The molecule has 1 aromatic rings. The molecule has 0 radical (unpaired) electrons. The normalized spacial score (nSPS) is 44.6. The van der Waals surface area contributed by atoms with Crippen LogP contribution >= 0.6 is 22.6 Å². The van der Waals surface area contributed by atoms with Crippen molar-refractivity contribution in [1.29, 1.82) is 0 Å². The number of aliphatic hydroxyl groups excluding tert-OH is 5. The van der Waals surface area contributed by atoms with Gasteiger partial charge in [0.15, 0.2) is 12.6 Å². The minimum atomic E-state index is -1.75. The number of benzene rings is 1. The van der Waals surface area contributed by atoms with Crippen LogP contribution < -0.4 is 0 Å². The maximum atomic E-state index is 13.6. The van der Waals surface area contributed by atoms with Crippen molar-refractivity contribution in [3.05, 3.63) is 33.4 Å². The highest BCUT2D eigenvalue weighted by atomic mass is 127. The number of aliphatic hydroxyl groups is 9. The molecule has 5 rings (SSSR count). The van der Waals surface area contributed by atoms with Gasteiger partial charge in [0, 0.05) is 53.2 Å². The van der Waals surface area contributed by atoms with Gasteiger partial charge in [-0.25, -0.2) is 0 Å². The highest BCUT2D eigenvalue weighted by Gasteiger charge is 2.52. The van der Waals surface area contributed by atoms with Crippen LogP contribution in [0.4, 0.5) is 0 Å². The molecule has 0 amide bonds. The minimum absolute atomic E-state index is 0.0735. The van der Waals surface area contributed by atoms with Crippen LogP contribution in [0.25, 0.3) is 0 Å². The summed E-state index contributed by atoms with van der Waals surface area (Å²) in [5.41, 5.74) is -5.44. The molecule has 90 heavy (non-hydrogen) atoms. The van der Waals surface area contributed by atoms with Crippen LogP contribution in [0.5, 0.6) is 0 Å². The number of hydrogen-bond acceptors (Lipinski definition) is 22. The SMILES string of the molecule is CC[C@H]1OC(=O)[C@H](C)[C@@H](O)C[C@@H](O[C@@H]2O[C@H](C)C[C@H](N(C)C)[C@H]2O)[C@](C)(O)C[C@@H](C)CN(C)[C@H](C)[C@@H](O)[C@]1(C)O.CC[C@H]1OC(=O)[C@H](C)[C@@H](O)[C@H](C)[C@@H](O[C@@H]2O[C@H](C)C[C@H](N(C)C)[C@H]2OC(C)c2ccc(I)cc2)[C@](C)(O)C[C@@H](C)CN(C)[C@H](C)[C@@H](O)[C@]1(C)O. The number of esters is 2. The van der Waals surface area contributed by atoms with Crippen molar-refractivity contribution < 1.29 is 88.7 Å². The van der Waals surface area contributed by atoms with E-state index in [1.165, 1.54) is 20.8 Å². The zero-order valence-electron chi connectivity index (χ0n) is 58.4. The van der Waals surface area contributed by atoms with Gasteiger partial charge >= 0.3 is 11.9 Å². The van der Waals surface area contributed by atoms with Crippen molar-refractivity contribution in [3.63, 3.8) is 0 Å². The Hall–Kier alpha value is -1.83. The summed E-state index contributed by atoms with van der Waals surface area (Å²) >= 11 is 2.28. The van der Waals surface area contributed by atoms with Crippen LogP contribution in [0, 0.1) is 33.2 Å². The van der Waals surface area contributed by atoms with Gasteiger partial charge in [-0.1, -0.05) is 46.8 Å². The van der Waals surface area contributed by atoms with Crippen LogP contribution in [0.15, 0.2) is 24.3 Å². The average molecular weight is 1400 g/mol. The molecule has 0 aromatic heterocycles. The molecule has 0 saturated carbocycles. The third-order valence-corrected chi connectivity index (χ3v) is 20.9. The van der Waals surface area contributed by atoms with Gasteiger partial charge in [-0.15, -0.1) is 0 Å². The van der Waals surface area contributed by atoms with E-state index < -0.39 is 138 Å². The molecule has 524 valence electrons. The molecule has 0 spiro atoms. The number of carbonyl (C=O) groups excluding carboxylic acids is 2. The standard InChI is InChI=1S/C38H65IN2O9.C29H56N2O9/c1-13-30-38(9,46)33(43)25(6)41(12)20-21(2)19-37(8,45)34(23(4)31(42)24(5)35(44)49-30)50-36-32(29(40(10)11)18-22(3)47-36)48-26(7)27-14-16-28(39)17-15-27;1-11-22-29(7,37)25(34)19(5)31(10)15-16(2)14-28(6,36)23(13-21(32)18(4)26(35)39-22)40-27-24(33)20(30(8)9)12-17(3)38-27/h14-17,21-26,29-34,36,42-43,45-46H,13,18-20H2,1-12H3;16-25,27,32-34,36-37H,11-15H2,1-10H3/t21-,22-,23+,24-,25-,26?,29+,30-,31+,32-,33-,34-,36+,37-,38-;16-,17-,18-,19-,20+,21+,22-,23-,24-,25-,27+,28-,29-/m11/s1. The van der Waals surface area contributed by atoms with Crippen molar-refractivity contribution in [1.82, 2.24) is 19.6 Å². The molecule has 4 saturated heterocycles. The Bertz CT molecular complexity index is 2340. The molecule has 0 bridgehead atoms. The molecular formula is C67H121IN4O18. The summed E-state index contributed by atoms with van der Waals surface area (Å²) in [6.07, 6.45) is -10.9. The fourth-order valence-electron chi connectivity index (χ4n) is 14.1. The lowest BCUT2D eigenvalue weighted by Gasteiger charge is -2.48. The summed E-state index contributed by atoms with van der Waals surface area (Å²) in [5, 5.41) is 103. The summed E-state index contributed by atoms with van der Waals surface area (Å²) < 4.78 is 45.0. The number of likely N-dealkylation sites (N-methyl/N-ethyl adjacent to an activating group) is 4. The number of carbonyl (C=O) groups is 2. The largest absolute Gasteiger partial charge is 0.459 e. The number of ether oxygens (including phenoxy) is 7. The predicted molar refractivity (Wildman–Crippen MR) is 352 cm³/mol. The highest BCUT2D eigenvalue weighted by Crippen LogP contribution is 2.40. The third kappa shape index (κ3) is 20.6. The topological polar surface area (TPSA) is 294 Å². The molecule has 4 heterocycles. The third-order valence-electron chi connectivity index (χ3n) is 20.2. The second-order valence-corrected chi connectivity index (χ2v) is 30.3. The number of halogens is 1. The van der Waals surface area contributed by atoms with Gasteiger partial charge in [-0.3, -0.25) is 9.59 Å². The molecule has 9 N–H and O–H groups in total. The van der Waals surface area contributed by atoms with Crippen LogP contribution in [0.3, 0.4) is 0 Å². The van der Waals surface area contributed by atoms with E-state index in [1.807, 2.05) is 123 Å². The minimum Gasteiger partial charge on any atom is -0.459 e. The number of rotatable bonds is 11. The first kappa shape index (κ1) is 80.6. The van der Waals surface area contributed by atoms with Crippen molar-refractivity contribution >= 4 is 34.5 Å². The molecule has 22 nitrogen and oxygen atoms in total. The van der Waals surface area contributed by atoms with Gasteiger partial charge in [0.2, 0.25) is 0 Å². The van der Waals surface area contributed by atoms with Gasteiger partial charge in [0.25, 0.3) is 0 Å².